The second-order valence-electron chi connectivity index (χ2n) is 7.09. The van der Waals surface area contributed by atoms with E-state index in [0.717, 1.165) is 11.3 Å². The number of hydrogen-bond acceptors (Lipinski definition) is 6. The van der Waals surface area contributed by atoms with Gasteiger partial charge in [0.25, 0.3) is 0 Å². The number of carbonyl (C=O) groups excluding carboxylic acids is 1. The lowest BCUT2D eigenvalue weighted by atomic mass is 10.0. The van der Waals surface area contributed by atoms with Gasteiger partial charge >= 0.3 is 0 Å². The third-order valence-corrected chi connectivity index (χ3v) is 5.39. The number of hydrogen-bond donors (Lipinski definition) is 1. The number of carbonyl (C=O) groups is 1. The van der Waals surface area contributed by atoms with Gasteiger partial charge in [-0.1, -0.05) is 11.8 Å². The Morgan fingerprint density at radius 2 is 2.27 bits per heavy atom. The molecule has 3 aromatic rings. The highest BCUT2D eigenvalue weighted by Gasteiger charge is 2.28. The number of ether oxygens (including phenoxy) is 1. The number of fused-ring (bicyclic) bond motifs is 1. The van der Waals surface area contributed by atoms with Crippen LogP contribution in [-0.2, 0) is 17.8 Å². The van der Waals surface area contributed by atoms with Crippen molar-refractivity contribution in [2.75, 3.05) is 12.8 Å². The first kappa shape index (κ1) is 20.3. The van der Waals surface area contributed by atoms with E-state index in [1.54, 1.807) is 16.9 Å². The highest BCUT2D eigenvalue weighted by Crippen LogP contribution is 2.39. The molecule has 0 spiro atoms. The van der Waals surface area contributed by atoms with Crippen molar-refractivity contribution >= 4 is 17.7 Å². The number of nitrogens with one attached hydrogen (secondary N) is 1. The molecule has 3 heterocycles. The molecule has 0 bridgehead atoms. The lowest BCUT2D eigenvalue weighted by molar-refractivity contribution is -0.121. The monoisotopic (exact) mass is 427 g/mol. The van der Waals surface area contributed by atoms with E-state index in [4.69, 9.17) is 4.74 Å². The maximum atomic E-state index is 14.2. The Kier molecular flexibility index (Phi) is 5.98. The van der Waals surface area contributed by atoms with Gasteiger partial charge in [-0.2, -0.15) is 5.10 Å². The van der Waals surface area contributed by atoms with E-state index in [0.29, 0.717) is 48.1 Å². The topological polar surface area (TPSA) is 81.9 Å². The predicted molar refractivity (Wildman–Crippen MR) is 112 cm³/mol. The maximum absolute atomic E-state index is 14.2. The van der Waals surface area contributed by atoms with Gasteiger partial charge in [-0.3, -0.25) is 9.48 Å². The van der Waals surface area contributed by atoms with Crippen molar-refractivity contribution in [3.63, 3.8) is 0 Å². The van der Waals surface area contributed by atoms with Crippen molar-refractivity contribution < 1.29 is 13.9 Å². The summed E-state index contributed by atoms with van der Waals surface area (Å²) >= 11 is 1.42. The number of benzene rings is 1. The molecule has 0 aliphatic carbocycles. The zero-order valence-electron chi connectivity index (χ0n) is 16.8. The van der Waals surface area contributed by atoms with Crippen molar-refractivity contribution in [3.8, 4) is 17.0 Å². The molecule has 0 fully saturated rings. The Bertz CT molecular complexity index is 1070. The van der Waals surface area contributed by atoms with E-state index in [1.807, 2.05) is 25.4 Å². The minimum Gasteiger partial charge on any atom is -0.487 e. The van der Waals surface area contributed by atoms with Gasteiger partial charge in [-0.25, -0.2) is 14.4 Å². The predicted octanol–water partition coefficient (Wildman–Crippen LogP) is 3.02. The molecule has 1 atom stereocenters. The van der Waals surface area contributed by atoms with Crippen LogP contribution < -0.4 is 10.1 Å². The standard InChI is InChI=1S/C21H22FN5O2S/c1-13-4-7-27(26-13)8-5-19(28)24-12-16-10-14-9-15(22)11-17(20(14)29-16)18-3-6-23-21(25-18)30-2/h3-4,6-7,9,11,16H,5,8,10,12H2,1-2H3,(H,24,28). The van der Waals surface area contributed by atoms with Gasteiger partial charge in [-0.05, 0) is 37.4 Å². The Balaban J connectivity index is 1.39. The van der Waals surface area contributed by atoms with Crippen LogP contribution in [0.15, 0.2) is 41.8 Å². The van der Waals surface area contributed by atoms with Gasteiger partial charge in [-0.15, -0.1) is 0 Å². The molecule has 1 aliphatic heterocycles. The summed E-state index contributed by atoms with van der Waals surface area (Å²) in [7, 11) is 0. The molecular formula is C21H22FN5O2S. The molecule has 1 aromatic carbocycles. The van der Waals surface area contributed by atoms with E-state index in [9.17, 15) is 9.18 Å². The summed E-state index contributed by atoms with van der Waals surface area (Å²) in [6.07, 6.45) is 6.00. The fourth-order valence-electron chi connectivity index (χ4n) is 3.41. The second kappa shape index (κ2) is 8.83. The van der Waals surface area contributed by atoms with E-state index in [2.05, 4.69) is 20.4 Å². The SMILES string of the molecule is CSc1nccc(-c2cc(F)cc3c2OC(CNC(=O)CCn2ccc(C)n2)C3)n1. The molecular weight excluding hydrogens is 405 g/mol. The quantitative estimate of drug-likeness (QED) is 0.461. The van der Waals surface area contributed by atoms with Gasteiger partial charge < -0.3 is 10.1 Å². The van der Waals surface area contributed by atoms with Crippen molar-refractivity contribution in [2.45, 2.75) is 37.6 Å². The lowest BCUT2D eigenvalue weighted by Crippen LogP contribution is -2.34. The van der Waals surface area contributed by atoms with Gasteiger partial charge in [0, 0.05) is 42.9 Å². The molecule has 7 nitrogen and oxygen atoms in total. The number of amides is 1. The zero-order valence-corrected chi connectivity index (χ0v) is 17.6. The molecule has 4 rings (SSSR count). The summed E-state index contributed by atoms with van der Waals surface area (Å²) in [5.74, 6) is 0.207. The minimum absolute atomic E-state index is 0.0745. The van der Waals surface area contributed by atoms with Crippen molar-refractivity contribution in [1.82, 2.24) is 25.1 Å². The Labute approximate surface area is 178 Å². The van der Waals surface area contributed by atoms with Crippen LogP contribution in [0.25, 0.3) is 11.3 Å². The molecule has 0 saturated carbocycles. The number of aryl methyl sites for hydroxylation is 2. The number of rotatable bonds is 7. The number of thioether (sulfide) groups is 1. The van der Waals surface area contributed by atoms with Crippen LogP contribution in [0.3, 0.4) is 0 Å². The fraction of sp³-hybridized carbons (Fsp3) is 0.333. The molecule has 0 radical (unpaired) electrons. The minimum atomic E-state index is -0.337. The van der Waals surface area contributed by atoms with Crippen LogP contribution in [0.4, 0.5) is 4.39 Å². The summed E-state index contributed by atoms with van der Waals surface area (Å²) in [4.78, 5) is 20.8. The lowest BCUT2D eigenvalue weighted by Gasteiger charge is -2.13. The number of halogens is 1. The van der Waals surface area contributed by atoms with Crippen LogP contribution >= 0.6 is 11.8 Å². The zero-order chi connectivity index (χ0) is 21.1. The third-order valence-electron chi connectivity index (χ3n) is 4.82. The Morgan fingerprint density at radius 1 is 1.40 bits per heavy atom. The molecule has 156 valence electrons. The summed E-state index contributed by atoms with van der Waals surface area (Å²) in [6, 6.07) is 6.55. The number of aromatic nitrogens is 4. The van der Waals surface area contributed by atoms with E-state index in [-0.39, 0.29) is 17.8 Å². The molecule has 0 saturated heterocycles. The molecule has 9 heteroatoms. The fourth-order valence-corrected chi connectivity index (χ4v) is 3.76. The first-order valence-electron chi connectivity index (χ1n) is 9.65. The first-order chi connectivity index (χ1) is 14.5. The maximum Gasteiger partial charge on any atom is 0.221 e. The third kappa shape index (κ3) is 4.62. The van der Waals surface area contributed by atoms with Gasteiger partial charge in [0.15, 0.2) is 5.16 Å². The molecule has 2 aromatic heterocycles. The second-order valence-corrected chi connectivity index (χ2v) is 7.86. The van der Waals surface area contributed by atoms with Crippen LogP contribution in [-0.4, -0.2) is 44.6 Å². The summed E-state index contributed by atoms with van der Waals surface area (Å²) in [5, 5.41) is 7.78. The highest BCUT2D eigenvalue weighted by molar-refractivity contribution is 7.98. The van der Waals surface area contributed by atoms with Gasteiger partial charge in [0.2, 0.25) is 5.91 Å². The Morgan fingerprint density at radius 3 is 3.03 bits per heavy atom. The van der Waals surface area contributed by atoms with Gasteiger partial charge in [0.1, 0.15) is 17.7 Å². The van der Waals surface area contributed by atoms with Crippen molar-refractivity contribution in [2.24, 2.45) is 0 Å². The van der Waals surface area contributed by atoms with Crippen molar-refractivity contribution in [1.29, 1.82) is 0 Å². The molecule has 1 amide bonds. The van der Waals surface area contributed by atoms with E-state index < -0.39 is 0 Å². The van der Waals surface area contributed by atoms with Crippen molar-refractivity contribution in [3.05, 3.63) is 53.7 Å². The van der Waals surface area contributed by atoms with E-state index in [1.165, 1.54) is 23.9 Å². The first-order valence-corrected chi connectivity index (χ1v) is 10.9. The smallest absolute Gasteiger partial charge is 0.221 e. The van der Waals surface area contributed by atoms with Crippen LogP contribution in [0.5, 0.6) is 5.75 Å². The highest BCUT2D eigenvalue weighted by atomic mass is 32.2. The average molecular weight is 428 g/mol. The average Bonchev–Trinajstić information content (AvgIpc) is 3.35. The van der Waals surface area contributed by atoms with Crippen LogP contribution in [0.2, 0.25) is 0 Å². The Hall–Kier alpha value is -2.94. The molecule has 1 aliphatic rings. The van der Waals surface area contributed by atoms with Gasteiger partial charge in [0.05, 0.1) is 17.9 Å². The molecule has 1 unspecified atom stereocenters. The molecule has 30 heavy (non-hydrogen) atoms. The summed E-state index contributed by atoms with van der Waals surface area (Å²) in [6.45, 7) is 2.78. The summed E-state index contributed by atoms with van der Waals surface area (Å²) < 4.78 is 22.0. The normalized spacial score (nSPS) is 15.0. The number of nitrogens with zero attached hydrogens (tertiary/aromatic N) is 4. The largest absolute Gasteiger partial charge is 0.487 e. The van der Waals surface area contributed by atoms with Crippen LogP contribution in [0.1, 0.15) is 17.7 Å². The van der Waals surface area contributed by atoms with Crippen LogP contribution in [0, 0.1) is 12.7 Å². The molecule has 1 N–H and O–H groups in total. The summed E-state index contributed by atoms with van der Waals surface area (Å²) in [5.41, 5.74) is 2.92. The van der Waals surface area contributed by atoms with E-state index >= 15 is 0 Å².